The molecule has 6 nitrogen and oxygen atoms in total. The minimum Gasteiger partial charge on any atom is -0.496 e. The third kappa shape index (κ3) is 5.14. The van der Waals surface area contributed by atoms with E-state index in [-0.39, 0.29) is 10.5 Å². The predicted molar refractivity (Wildman–Crippen MR) is 119 cm³/mol. The molecule has 156 valence electrons. The van der Waals surface area contributed by atoms with Gasteiger partial charge in [-0.15, -0.1) is 0 Å². The molecule has 3 aromatic carbocycles. The van der Waals surface area contributed by atoms with Crippen molar-refractivity contribution in [2.75, 3.05) is 18.4 Å². The van der Waals surface area contributed by atoms with E-state index >= 15 is 0 Å². The van der Waals surface area contributed by atoms with E-state index in [9.17, 15) is 13.2 Å². The number of carbonyl (C=O) groups is 1. The van der Waals surface area contributed by atoms with Crippen molar-refractivity contribution < 1.29 is 17.9 Å². The monoisotopic (exact) mass is 442 g/mol. The van der Waals surface area contributed by atoms with Gasteiger partial charge in [-0.25, -0.2) is 8.42 Å². The first-order chi connectivity index (χ1) is 14.4. The summed E-state index contributed by atoms with van der Waals surface area (Å²) in [5, 5.41) is 2.66. The van der Waals surface area contributed by atoms with Gasteiger partial charge >= 0.3 is 0 Å². The van der Waals surface area contributed by atoms with E-state index in [1.807, 2.05) is 42.5 Å². The summed E-state index contributed by atoms with van der Waals surface area (Å²) < 4.78 is 33.9. The van der Waals surface area contributed by atoms with Crippen molar-refractivity contribution in [3.05, 3.63) is 78.4 Å². The Hall–Kier alpha value is -2.97. The molecular formula is C22H22N2O4S2. The van der Waals surface area contributed by atoms with Crippen LogP contribution in [0.5, 0.6) is 5.75 Å². The summed E-state index contributed by atoms with van der Waals surface area (Å²) in [4.78, 5) is 14.0. The van der Waals surface area contributed by atoms with E-state index in [2.05, 4.69) is 10.0 Å². The Morgan fingerprint density at radius 1 is 1.00 bits per heavy atom. The number of sulfonamides is 1. The minimum atomic E-state index is -3.92. The van der Waals surface area contributed by atoms with Gasteiger partial charge in [0.1, 0.15) is 5.75 Å². The largest absolute Gasteiger partial charge is 0.496 e. The average molecular weight is 443 g/mol. The second-order valence-corrected chi connectivity index (χ2v) is 9.04. The lowest BCUT2D eigenvalue weighted by Gasteiger charge is -2.14. The number of hydrogen-bond donors (Lipinski definition) is 2. The molecule has 1 amide bonds. The molecule has 0 heterocycles. The molecule has 8 heteroatoms. The zero-order valence-electron chi connectivity index (χ0n) is 16.6. The zero-order valence-corrected chi connectivity index (χ0v) is 18.2. The van der Waals surface area contributed by atoms with Crippen LogP contribution in [0.3, 0.4) is 0 Å². The quantitative estimate of drug-likeness (QED) is 0.540. The lowest BCUT2D eigenvalue weighted by atomic mass is 10.2. The molecule has 3 aromatic rings. The van der Waals surface area contributed by atoms with Gasteiger partial charge in [0.2, 0.25) is 0 Å². The highest BCUT2D eigenvalue weighted by molar-refractivity contribution is 7.99. The summed E-state index contributed by atoms with van der Waals surface area (Å²) in [5.74, 6) is -0.0913. The van der Waals surface area contributed by atoms with Crippen molar-refractivity contribution in [3.63, 3.8) is 0 Å². The Morgan fingerprint density at radius 2 is 1.70 bits per heavy atom. The SMILES string of the molecule is CCNC(=O)c1cc(S(=O)(=O)Nc2ccccc2Sc2ccccc2)ccc1OC. The smallest absolute Gasteiger partial charge is 0.261 e. The summed E-state index contributed by atoms with van der Waals surface area (Å²) in [7, 11) is -2.49. The summed E-state index contributed by atoms with van der Waals surface area (Å²) >= 11 is 1.46. The molecule has 0 saturated heterocycles. The van der Waals surface area contributed by atoms with E-state index in [0.717, 1.165) is 9.79 Å². The first-order valence-electron chi connectivity index (χ1n) is 9.25. The maximum Gasteiger partial charge on any atom is 0.261 e. The van der Waals surface area contributed by atoms with Crippen LogP contribution in [0, 0.1) is 0 Å². The number of nitrogens with one attached hydrogen (secondary N) is 2. The van der Waals surface area contributed by atoms with Crippen molar-refractivity contribution in [3.8, 4) is 5.75 Å². The van der Waals surface area contributed by atoms with E-state index in [4.69, 9.17) is 4.74 Å². The molecule has 0 atom stereocenters. The first-order valence-corrected chi connectivity index (χ1v) is 11.6. The second-order valence-electron chi connectivity index (χ2n) is 6.24. The average Bonchev–Trinajstić information content (AvgIpc) is 2.75. The predicted octanol–water partition coefficient (Wildman–Crippen LogP) is 4.40. The fourth-order valence-corrected chi connectivity index (χ4v) is 4.84. The number of ether oxygens (including phenoxy) is 1. The van der Waals surface area contributed by atoms with Gasteiger partial charge in [0, 0.05) is 16.3 Å². The molecule has 0 aliphatic heterocycles. The molecule has 0 bridgehead atoms. The molecule has 0 unspecified atom stereocenters. The molecule has 30 heavy (non-hydrogen) atoms. The van der Waals surface area contributed by atoms with Crippen molar-refractivity contribution >= 4 is 33.4 Å². The van der Waals surface area contributed by atoms with Gasteiger partial charge in [0.15, 0.2) is 0 Å². The Bertz CT molecular complexity index is 1130. The van der Waals surface area contributed by atoms with Gasteiger partial charge < -0.3 is 10.1 Å². The highest BCUT2D eigenvalue weighted by atomic mass is 32.2. The Balaban J connectivity index is 1.92. The summed E-state index contributed by atoms with van der Waals surface area (Å²) in [6.07, 6.45) is 0. The molecule has 0 aromatic heterocycles. The van der Waals surface area contributed by atoms with Crippen molar-refractivity contribution in [2.45, 2.75) is 21.6 Å². The molecule has 0 aliphatic rings. The van der Waals surface area contributed by atoms with Crippen LogP contribution in [-0.2, 0) is 10.0 Å². The number of amides is 1. The fraction of sp³-hybridized carbons (Fsp3) is 0.136. The first kappa shape index (κ1) is 21.7. The van der Waals surface area contributed by atoms with Crippen molar-refractivity contribution in [1.82, 2.24) is 5.32 Å². The number of para-hydroxylation sites is 1. The molecule has 0 fully saturated rings. The van der Waals surface area contributed by atoms with Crippen LogP contribution in [-0.4, -0.2) is 28.0 Å². The molecular weight excluding hydrogens is 420 g/mol. The highest BCUT2D eigenvalue weighted by Gasteiger charge is 2.21. The lowest BCUT2D eigenvalue weighted by molar-refractivity contribution is 0.0952. The van der Waals surface area contributed by atoms with Gasteiger partial charge in [-0.1, -0.05) is 42.1 Å². The Labute approximate surface area is 180 Å². The third-order valence-corrected chi connectivity index (χ3v) is 6.61. The summed E-state index contributed by atoms with van der Waals surface area (Å²) in [6, 6.07) is 21.1. The number of hydrogen-bond acceptors (Lipinski definition) is 5. The molecule has 0 aliphatic carbocycles. The second kappa shape index (κ2) is 9.69. The van der Waals surface area contributed by atoms with E-state index in [0.29, 0.717) is 18.0 Å². The molecule has 2 N–H and O–H groups in total. The lowest BCUT2D eigenvalue weighted by Crippen LogP contribution is -2.24. The third-order valence-electron chi connectivity index (χ3n) is 4.17. The molecule has 3 rings (SSSR count). The van der Waals surface area contributed by atoms with E-state index in [1.165, 1.54) is 37.1 Å². The maximum absolute atomic E-state index is 13.0. The van der Waals surface area contributed by atoms with Gasteiger partial charge in [0.25, 0.3) is 15.9 Å². The fourth-order valence-electron chi connectivity index (χ4n) is 2.75. The number of rotatable bonds is 8. The van der Waals surface area contributed by atoms with Gasteiger partial charge in [-0.2, -0.15) is 0 Å². The number of benzene rings is 3. The summed E-state index contributed by atoms with van der Waals surface area (Å²) in [5.41, 5.74) is 0.621. The number of carbonyl (C=O) groups excluding carboxylic acids is 1. The van der Waals surface area contributed by atoms with Gasteiger partial charge in [0.05, 0.1) is 23.3 Å². The summed E-state index contributed by atoms with van der Waals surface area (Å²) in [6.45, 7) is 2.20. The number of methoxy groups -OCH3 is 1. The minimum absolute atomic E-state index is 0.0240. The maximum atomic E-state index is 13.0. The van der Waals surface area contributed by atoms with Crippen LogP contribution in [0.1, 0.15) is 17.3 Å². The topological polar surface area (TPSA) is 84.5 Å². The van der Waals surface area contributed by atoms with Crippen LogP contribution in [0.15, 0.2) is 87.5 Å². The van der Waals surface area contributed by atoms with Crippen molar-refractivity contribution in [2.24, 2.45) is 0 Å². The van der Waals surface area contributed by atoms with Crippen LogP contribution in [0.4, 0.5) is 5.69 Å². The zero-order chi connectivity index (χ0) is 21.6. The standard InChI is InChI=1S/C22H22N2O4S2/c1-3-23-22(25)18-15-17(13-14-20(18)28-2)30(26,27)24-19-11-7-8-12-21(19)29-16-9-5-4-6-10-16/h4-15,24H,3H2,1-2H3,(H,23,25). The van der Waals surface area contributed by atoms with Crippen LogP contribution < -0.4 is 14.8 Å². The molecule has 0 radical (unpaired) electrons. The van der Waals surface area contributed by atoms with Crippen LogP contribution in [0.25, 0.3) is 0 Å². The van der Waals surface area contributed by atoms with Crippen LogP contribution in [0.2, 0.25) is 0 Å². The molecule has 0 spiro atoms. The van der Waals surface area contributed by atoms with Gasteiger partial charge in [-0.3, -0.25) is 9.52 Å². The van der Waals surface area contributed by atoms with Gasteiger partial charge in [-0.05, 0) is 49.4 Å². The Morgan fingerprint density at radius 3 is 2.40 bits per heavy atom. The van der Waals surface area contributed by atoms with E-state index in [1.54, 1.807) is 19.1 Å². The molecule has 0 saturated carbocycles. The van der Waals surface area contributed by atoms with Crippen LogP contribution >= 0.6 is 11.8 Å². The van der Waals surface area contributed by atoms with Crippen molar-refractivity contribution in [1.29, 1.82) is 0 Å². The highest BCUT2D eigenvalue weighted by Crippen LogP contribution is 2.34. The number of anilines is 1. The normalized spacial score (nSPS) is 11.0. The van der Waals surface area contributed by atoms with E-state index < -0.39 is 15.9 Å². The Kier molecular flexibility index (Phi) is 7.02.